The molecule has 0 saturated carbocycles. The molecular weight excluding hydrogens is 117 g/mol. The van der Waals surface area contributed by atoms with Crippen molar-refractivity contribution in [2.24, 2.45) is 5.73 Å². The lowest BCUT2D eigenvalue weighted by Gasteiger charge is -2.01. The highest BCUT2D eigenvalue weighted by atomic mass is 31.0. The number of nitrogens with two attached hydrogens (primary N) is 1. The largest absolute Gasteiger partial charge is 0.403 e. The Morgan fingerprint density at radius 3 is 2.50 bits per heavy atom. The SMILES string of the molecule is C=C(N)CCC(C)P. The van der Waals surface area contributed by atoms with Crippen LogP contribution in [-0.2, 0) is 0 Å². The summed E-state index contributed by atoms with van der Waals surface area (Å²) in [5.41, 5.74) is 6.79. The van der Waals surface area contributed by atoms with Gasteiger partial charge in [0.25, 0.3) is 0 Å². The third kappa shape index (κ3) is 5.97. The Kier molecular flexibility index (Phi) is 3.90. The minimum atomic E-state index is 0.662. The van der Waals surface area contributed by atoms with E-state index in [1.165, 1.54) is 0 Å². The van der Waals surface area contributed by atoms with Gasteiger partial charge in [-0.1, -0.05) is 13.5 Å². The Labute approximate surface area is 53.5 Å². The topological polar surface area (TPSA) is 26.0 Å². The molecule has 8 heavy (non-hydrogen) atoms. The van der Waals surface area contributed by atoms with Gasteiger partial charge in [-0.2, -0.15) is 0 Å². The quantitative estimate of drug-likeness (QED) is 0.577. The van der Waals surface area contributed by atoms with Gasteiger partial charge in [0, 0.05) is 5.70 Å². The first-order valence-corrected chi connectivity index (χ1v) is 3.48. The van der Waals surface area contributed by atoms with Crippen LogP contribution in [0.5, 0.6) is 0 Å². The standard InChI is InChI=1S/C6H14NP/c1-5(7)3-4-6(2)8/h6H,1,3-4,7-8H2,2H3. The zero-order valence-electron chi connectivity index (χ0n) is 5.35. The Bertz CT molecular complexity index is 78.6. The van der Waals surface area contributed by atoms with Crippen LogP contribution in [0.1, 0.15) is 19.8 Å². The first kappa shape index (κ1) is 7.97. The number of rotatable bonds is 3. The van der Waals surface area contributed by atoms with E-state index in [0.717, 1.165) is 18.5 Å². The predicted octanol–water partition coefficient (Wildman–Crippen LogP) is 1.50. The van der Waals surface area contributed by atoms with Gasteiger partial charge in [-0.25, -0.2) is 0 Å². The van der Waals surface area contributed by atoms with Crippen molar-refractivity contribution in [2.75, 3.05) is 0 Å². The van der Waals surface area contributed by atoms with Gasteiger partial charge in [0.2, 0.25) is 0 Å². The Balaban J connectivity index is 3.05. The second-order valence-electron chi connectivity index (χ2n) is 2.17. The summed E-state index contributed by atoms with van der Waals surface area (Å²) >= 11 is 0. The van der Waals surface area contributed by atoms with Gasteiger partial charge < -0.3 is 5.73 Å². The van der Waals surface area contributed by atoms with Crippen molar-refractivity contribution < 1.29 is 0 Å². The molecule has 0 fully saturated rings. The molecule has 0 aromatic rings. The molecule has 48 valence electrons. The summed E-state index contributed by atoms with van der Waals surface area (Å²) in [6.45, 7) is 5.74. The summed E-state index contributed by atoms with van der Waals surface area (Å²) < 4.78 is 0. The fourth-order valence-electron chi connectivity index (χ4n) is 0.413. The molecule has 0 amide bonds. The molecule has 0 heterocycles. The lowest BCUT2D eigenvalue weighted by atomic mass is 10.2. The first-order chi connectivity index (χ1) is 3.63. The van der Waals surface area contributed by atoms with Gasteiger partial charge in [-0.05, 0) is 18.5 Å². The maximum absolute atomic E-state index is 5.34. The van der Waals surface area contributed by atoms with Gasteiger partial charge in [0.05, 0.1) is 0 Å². The molecule has 0 bridgehead atoms. The molecule has 2 heteroatoms. The molecule has 2 N–H and O–H groups in total. The molecule has 0 aromatic carbocycles. The fourth-order valence-corrected chi connectivity index (χ4v) is 0.580. The molecule has 0 aliphatic carbocycles. The average Bonchev–Trinajstić information content (AvgIpc) is 1.61. The zero-order chi connectivity index (χ0) is 6.57. The number of allylic oxidation sites excluding steroid dienone is 1. The maximum atomic E-state index is 5.34. The Hall–Kier alpha value is -0.0300. The number of hydrogen-bond acceptors (Lipinski definition) is 1. The monoisotopic (exact) mass is 131 g/mol. The van der Waals surface area contributed by atoms with Gasteiger partial charge in [0.1, 0.15) is 0 Å². The summed E-state index contributed by atoms with van der Waals surface area (Å²) in [7, 11) is 2.73. The van der Waals surface area contributed by atoms with Crippen LogP contribution >= 0.6 is 9.24 Å². The molecule has 1 nitrogen and oxygen atoms in total. The van der Waals surface area contributed by atoms with Crippen LogP contribution < -0.4 is 5.73 Å². The molecule has 0 aromatic heterocycles. The van der Waals surface area contributed by atoms with Gasteiger partial charge >= 0.3 is 0 Å². The van der Waals surface area contributed by atoms with Crippen molar-refractivity contribution in [2.45, 2.75) is 25.4 Å². The van der Waals surface area contributed by atoms with Crippen molar-refractivity contribution in [3.05, 3.63) is 12.3 Å². The fraction of sp³-hybridized carbons (Fsp3) is 0.667. The molecule has 2 unspecified atom stereocenters. The van der Waals surface area contributed by atoms with Crippen LogP contribution in [0, 0.1) is 0 Å². The highest BCUT2D eigenvalue weighted by Gasteiger charge is 1.92. The predicted molar refractivity (Wildman–Crippen MR) is 41.7 cm³/mol. The van der Waals surface area contributed by atoms with Gasteiger partial charge in [0.15, 0.2) is 0 Å². The summed E-state index contributed by atoms with van der Waals surface area (Å²) in [5, 5.41) is 0. The number of hydrogen-bond donors (Lipinski definition) is 1. The normalized spacial score (nSPS) is 13.2. The average molecular weight is 131 g/mol. The summed E-state index contributed by atoms with van der Waals surface area (Å²) in [6.07, 6.45) is 2.07. The van der Waals surface area contributed by atoms with E-state index in [0.29, 0.717) is 5.66 Å². The van der Waals surface area contributed by atoms with Crippen molar-refractivity contribution in [3.8, 4) is 0 Å². The minimum Gasteiger partial charge on any atom is -0.403 e. The summed E-state index contributed by atoms with van der Waals surface area (Å²) in [4.78, 5) is 0. The molecule has 0 spiro atoms. The third-order valence-electron chi connectivity index (χ3n) is 0.921. The first-order valence-electron chi connectivity index (χ1n) is 2.81. The Morgan fingerprint density at radius 1 is 1.88 bits per heavy atom. The summed E-state index contributed by atoms with van der Waals surface area (Å²) in [6, 6.07) is 0. The lowest BCUT2D eigenvalue weighted by Crippen LogP contribution is -1.97. The van der Waals surface area contributed by atoms with E-state index in [9.17, 15) is 0 Å². The van der Waals surface area contributed by atoms with Gasteiger partial charge in [-0.15, -0.1) is 9.24 Å². The minimum absolute atomic E-state index is 0.662. The maximum Gasteiger partial charge on any atom is 0.000767 e. The molecular formula is C6H14NP. The van der Waals surface area contributed by atoms with E-state index < -0.39 is 0 Å². The third-order valence-corrected chi connectivity index (χ3v) is 1.25. The van der Waals surface area contributed by atoms with E-state index in [-0.39, 0.29) is 0 Å². The Morgan fingerprint density at radius 2 is 2.38 bits per heavy atom. The van der Waals surface area contributed by atoms with E-state index >= 15 is 0 Å². The van der Waals surface area contributed by atoms with Gasteiger partial charge in [-0.3, -0.25) is 0 Å². The van der Waals surface area contributed by atoms with Crippen molar-refractivity contribution >= 4 is 9.24 Å². The zero-order valence-corrected chi connectivity index (χ0v) is 6.51. The van der Waals surface area contributed by atoms with Crippen LogP contribution in [0.2, 0.25) is 0 Å². The van der Waals surface area contributed by atoms with Crippen LogP contribution in [0.3, 0.4) is 0 Å². The second-order valence-corrected chi connectivity index (χ2v) is 3.31. The van der Waals surface area contributed by atoms with E-state index in [4.69, 9.17) is 5.73 Å². The van der Waals surface area contributed by atoms with Crippen molar-refractivity contribution in [1.82, 2.24) is 0 Å². The smallest absolute Gasteiger partial charge is 0.000767 e. The second kappa shape index (κ2) is 3.91. The lowest BCUT2D eigenvalue weighted by molar-refractivity contribution is 0.799. The molecule has 0 radical (unpaired) electrons. The molecule has 2 atom stereocenters. The van der Waals surface area contributed by atoms with Crippen molar-refractivity contribution in [3.63, 3.8) is 0 Å². The molecule has 0 rings (SSSR count). The summed E-state index contributed by atoms with van der Waals surface area (Å²) in [5.74, 6) is 0. The molecule has 0 aliphatic heterocycles. The van der Waals surface area contributed by atoms with Crippen LogP contribution in [0.15, 0.2) is 12.3 Å². The van der Waals surface area contributed by atoms with E-state index in [2.05, 4.69) is 22.7 Å². The van der Waals surface area contributed by atoms with Crippen molar-refractivity contribution in [1.29, 1.82) is 0 Å². The highest BCUT2D eigenvalue weighted by Crippen LogP contribution is 2.07. The van der Waals surface area contributed by atoms with Crippen LogP contribution in [0.4, 0.5) is 0 Å². The molecule has 0 aliphatic rings. The van der Waals surface area contributed by atoms with Crippen LogP contribution in [0.25, 0.3) is 0 Å². The highest BCUT2D eigenvalue weighted by molar-refractivity contribution is 7.17. The van der Waals surface area contributed by atoms with Crippen LogP contribution in [-0.4, -0.2) is 5.66 Å². The van der Waals surface area contributed by atoms with E-state index in [1.54, 1.807) is 0 Å². The van der Waals surface area contributed by atoms with E-state index in [1.807, 2.05) is 0 Å². The molecule has 0 saturated heterocycles.